The molecule has 0 spiro atoms. The van der Waals surface area contributed by atoms with Crippen molar-refractivity contribution in [2.24, 2.45) is 5.92 Å². The lowest BCUT2D eigenvalue weighted by molar-refractivity contribution is -0.123. The Hall–Kier alpha value is -2.32. The Morgan fingerprint density at radius 2 is 1.92 bits per heavy atom. The zero-order chi connectivity index (χ0) is 16.8. The molecule has 130 valence electrons. The minimum Gasteiger partial charge on any atom is -0.371 e. The van der Waals surface area contributed by atoms with Gasteiger partial charge in [0.15, 0.2) is 5.82 Å². The van der Waals surface area contributed by atoms with Crippen LogP contribution in [0.5, 0.6) is 0 Å². The second-order valence-electron chi connectivity index (χ2n) is 6.87. The molecule has 1 amide bonds. The molecule has 0 bridgehead atoms. The van der Waals surface area contributed by atoms with Crippen LogP contribution in [-0.2, 0) is 14.3 Å². The van der Waals surface area contributed by atoms with Crippen LogP contribution < -0.4 is 5.32 Å². The lowest BCUT2D eigenvalue weighted by atomic mass is 10.1. The van der Waals surface area contributed by atoms with E-state index >= 15 is 0 Å². The van der Waals surface area contributed by atoms with Crippen molar-refractivity contribution in [3.63, 3.8) is 0 Å². The van der Waals surface area contributed by atoms with Gasteiger partial charge in [-0.3, -0.25) is 4.79 Å². The van der Waals surface area contributed by atoms with Gasteiger partial charge in [0.05, 0.1) is 19.3 Å². The molecule has 1 aromatic carbocycles. The van der Waals surface area contributed by atoms with Gasteiger partial charge in [-0.05, 0) is 23.3 Å². The maximum atomic E-state index is 12.0. The van der Waals surface area contributed by atoms with Crippen LogP contribution in [0.1, 0.15) is 18.9 Å². The van der Waals surface area contributed by atoms with Gasteiger partial charge in [0.2, 0.25) is 5.91 Å². The molecule has 1 N–H and O–H groups in total. The van der Waals surface area contributed by atoms with E-state index in [4.69, 9.17) is 9.47 Å². The van der Waals surface area contributed by atoms with Crippen molar-refractivity contribution < 1.29 is 14.3 Å². The highest BCUT2D eigenvalue weighted by molar-refractivity contribution is 5.81. The molecule has 25 heavy (non-hydrogen) atoms. The molecule has 1 aromatic heterocycles. The average molecular weight is 341 g/mol. The standard InChI is InChI=1S/C17H19N5O3/c23-17(11-6-7-11)18-12-8-24-15-13(9-25-14(12)15)22-16(19-20-21-22)10-4-2-1-3-5-10/h1-5,11-15H,6-9H2,(H,18,23)/t12-,13+,14-,15+/m0/s1. The van der Waals surface area contributed by atoms with E-state index in [9.17, 15) is 4.79 Å². The molecule has 2 aromatic rings. The van der Waals surface area contributed by atoms with E-state index in [1.54, 1.807) is 4.68 Å². The van der Waals surface area contributed by atoms with E-state index < -0.39 is 0 Å². The fourth-order valence-corrected chi connectivity index (χ4v) is 3.65. The van der Waals surface area contributed by atoms with E-state index in [1.807, 2.05) is 30.3 Å². The molecule has 0 unspecified atom stereocenters. The number of rotatable bonds is 4. The Morgan fingerprint density at radius 3 is 2.72 bits per heavy atom. The van der Waals surface area contributed by atoms with E-state index in [-0.39, 0.29) is 36.1 Å². The molecule has 5 rings (SSSR count). The summed E-state index contributed by atoms with van der Waals surface area (Å²) in [6.07, 6.45) is 1.67. The highest BCUT2D eigenvalue weighted by atomic mass is 16.6. The van der Waals surface area contributed by atoms with E-state index in [2.05, 4.69) is 20.8 Å². The zero-order valence-electron chi connectivity index (χ0n) is 13.6. The number of carbonyl (C=O) groups excluding carboxylic acids is 1. The third kappa shape index (κ3) is 2.61. The number of nitrogens with zero attached hydrogens (tertiary/aromatic N) is 4. The van der Waals surface area contributed by atoms with Crippen LogP contribution in [0.3, 0.4) is 0 Å². The Balaban J connectivity index is 1.36. The SMILES string of the molecule is O=C(N[C@H]1CO[C@H]2[C@H]1OC[C@H]2n1nnnc1-c1ccccc1)C1CC1. The summed E-state index contributed by atoms with van der Waals surface area (Å²) in [6.45, 7) is 0.934. The fraction of sp³-hybridized carbons (Fsp3) is 0.529. The van der Waals surface area contributed by atoms with Crippen molar-refractivity contribution in [3.05, 3.63) is 30.3 Å². The summed E-state index contributed by atoms with van der Waals surface area (Å²) in [4.78, 5) is 12.0. The summed E-state index contributed by atoms with van der Waals surface area (Å²) in [5.41, 5.74) is 0.951. The number of carbonyl (C=O) groups is 1. The van der Waals surface area contributed by atoms with Gasteiger partial charge in [-0.2, -0.15) is 0 Å². The van der Waals surface area contributed by atoms with Crippen LogP contribution in [-0.4, -0.2) is 57.6 Å². The van der Waals surface area contributed by atoms with Crippen molar-refractivity contribution in [2.75, 3.05) is 13.2 Å². The Bertz CT molecular complexity index is 776. The third-order valence-corrected chi connectivity index (χ3v) is 5.14. The summed E-state index contributed by atoms with van der Waals surface area (Å²) in [7, 11) is 0. The molecule has 3 aliphatic rings. The number of nitrogens with one attached hydrogen (secondary N) is 1. The molecule has 2 saturated heterocycles. The molecule has 1 aliphatic carbocycles. The first-order valence-electron chi connectivity index (χ1n) is 8.68. The predicted molar refractivity (Wildman–Crippen MR) is 86.4 cm³/mol. The van der Waals surface area contributed by atoms with Gasteiger partial charge in [-0.15, -0.1) is 5.10 Å². The normalized spacial score (nSPS) is 31.0. The number of ether oxygens (including phenoxy) is 2. The van der Waals surface area contributed by atoms with Gasteiger partial charge in [0.1, 0.15) is 18.2 Å². The Morgan fingerprint density at radius 1 is 1.12 bits per heavy atom. The van der Waals surface area contributed by atoms with Gasteiger partial charge >= 0.3 is 0 Å². The quantitative estimate of drug-likeness (QED) is 0.874. The molecule has 2 aliphatic heterocycles. The summed E-state index contributed by atoms with van der Waals surface area (Å²) in [5.74, 6) is 0.998. The van der Waals surface area contributed by atoms with Gasteiger partial charge < -0.3 is 14.8 Å². The molecular formula is C17H19N5O3. The molecule has 1 saturated carbocycles. The highest BCUT2D eigenvalue weighted by Gasteiger charge is 2.50. The molecular weight excluding hydrogens is 322 g/mol. The second kappa shape index (κ2) is 5.89. The van der Waals surface area contributed by atoms with Crippen molar-refractivity contribution >= 4 is 5.91 Å². The Labute approximate surface area is 144 Å². The summed E-state index contributed by atoms with van der Waals surface area (Å²) >= 11 is 0. The fourth-order valence-electron chi connectivity index (χ4n) is 3.65. The molecule has 0 radical (unpaired) electrons. The summed E-state index contributed by atoms with van der Waals surface area (Å²) in [6, 6.07) is 9.63. The van der Waals surface area contributed by atoms with Gasteiger partial charge in [0, 0.05) is 11.5 Å². The molecule has 8 nitrogen and oxygen atoms in total. The van der Waals surface area contributed by atoms with Crippen LogP contribution in [0, 0.1) is 5.92 Å². The van der Waals surface area contributed by atoms with Crippen LogP contribution in [0.4, 0.5) is 0 Å². The Kier molecular flexibility index (Phi) is 3.53. The zero-order valence-corrected chi connectivity index (χ0v) is 13.6. The van der Waals surface area contributed by atoms with E-state index in [0.29, 0.717) is 19.0 Å². The molecule has 3 fully saturated rings. The van der Waals surface area contributed by atoms with Crippen LogP contribution >= 0.6 is 0 Å². The van der Waals surface area contributed by atoms with Crippen LogP contribution in [0.15, 0.2) is 30.3 Å². The monoisotopic (exact) mass is 341 g/mol. The van der Waals surface area contributed by atoms with Gasteiger partial charge in [-0.25, -0.2) is 4.68 Å². The lowest BCUT2D eigenvalue weighted by Gasteiger charge is -2.18. The minimum absolute atomic E-state index is 0.0974. The van der Waals surface area contributed by atoms with E-state index in [0.717, 1.165) is 18.4 Å². The first-order valence-corrected chi connectivity index (χ1v) is 8.68. The summed E-state index contributed by atoms with van der Waals surface area (Å²) < 4.78 is 13.7. The third-order valence-electron chi connectivity index (χ3n) is 5.14. The maximum absolute atomic E-state index is 12.0. The van der Waals surface area contributed by atoms with E-state index in [1.165, 1.54) is 0 Å². The first kappa shape index (κ1) is 15.0. The number of fused-ring (bicyclic) bond motifs is 1. The number of amides is 1. The number of hydrogen-bond donors (Lipinski definition) is 1. The van der Waals surface area contributed by atoms with Crippen LogP contribution in [0.2, 0.25) is 0 Å². The topological polar surface area (TPSA) is 91.2 Å². The van der Waals surface area contributed by atoms with Crippen molar-refractivity contribution in [3.8, 4) is 11.4 Å². The average Bonchev–Trinajstić information content (AvgIpc) is 3.06. The largest absolute Gasteiger partial charge is 0.371 e. The summed E-state index contributed by atoms with van der Waals surface area (Å²) in [5, 5.41) is 15.2. The number of benzene rings is 1. The van der Waals surface area contributed by atoms with Crippen molar-refractivity contribution in [2.45, 2.75) is 37.1 Å². The number of tetrazole rings is 1. The van der Waals surface area contributed by atoms with Gasteiger partial charge in [-0.1, -0.05) is 30.3 Å². The maximum Gasteiger partial charge on any atom is 0.223 e. The lowest BCUT2D eigenvalue weighted by Crippen LogP contribution is -2.44. The minimum atomic E-state index is -0.157. The number of hydrogen-bond acceptors (Lipinski definition) is 6. The second-order valence-corrected chi connectivity index (χ2v) is 6.87. The first-order chi connectivity index (χ1) is 12.3. The molecule has 3 heterocycles. The number of aromatic nitrogens is 4. The molecule has 4 atom stereocenters. The van der Waals surface area contributed by atoms with Crippen molar-refractivity contribution in [1.29, 1.82) is 0 Å². The predicted octanol–water partition coefficient (Wildman–Crippen LogP) is 0.574. The van der Waals surface area contributed by atoms with Crippen LogP contribution in [0.25, 0.3) is 11.4 Å². The highest BCUT2D eigenvalue weighted by Crippen LogP contribution is 2.36. The van der Waals surface area contributed by atoms with Crippen molar-refractivity contribution in [1.82, 2.24) is 25.5 Å². The molecule has 8 heteroatoms. The smallest absolute Gasteiger partial charge is 0.223 e. The van der Waals surface area contributed by atoms with Gasteiger partial charge in [0.25, 0.3) is 0 Å².